The molecule has 2 heterocycles. The molecule has 1 amide bonds. The molecule has 3 aromatic rings. The van der Waals surface area contributed by atoms with E-state index < -0.39 is 0 Å². The van der Waals surface area contributed by atoms with Gasteiger partial charge in [0.2, 0.25) is 5.88 Å². The Morgan fingerprint density at radius 1 is 1.18 bits per heavy atom. The van der Waals surface area contributed by atoms with Crippen LogP contribution in [0.3, 0.4) is 0 Å². The lowest BCUT2D eigenvalue weighted by atomic mass is 10.0. The third-order valence-electron chi connectivity index (χ3n) is 6.17. The lowest BCUT2D eigenvalue weighted by Gasteiger charge is -2.34. The van der Waals surface area contributed by atoms with E-state index in [0.29, 0.717) is 31.3 Å². The first-order chi connectivity index (χ1) is 16.1. The van der Waals surface area contributed by atoms with Gasteiger partial charge in [-0.1, -0.05) is 35.5 Å². The number of benzene rings is 2. The molecule has 1 aliphatic heterocycles. The molecule has 0 N–H and O–H groups in total. The molecule has 6 nitrogen and oxygen atoms in total. The number of amides is 1. The van der Waals surface area contributed by atoms with Gasteiger partial charge in [-0.05, 0) is 50.5 Å². The molecule has 33 heavy (non-hydrogen) atoms. The van der Waals surface area contributed by atoms with E-state index in [9.17, 15) is 9.18 Å². The number of halogens is 1. The van der Waals surface area contributed by atoms with Gasteiger partial charge in [-0.25, -0.2) is 4.39 Å². The van der Waals surface area contributed by atoms with Crippen molar-refractivity contribution in [3.8, 4) is 11.3 Å². The van der Waals surface area contributed by atoms with Crippen molar-refractivity contribution in [3.05, 3.63) is 71.5 Å². The summed E-state index contributed by atoms with van der Waals surface area (Å²) in [5.41, 5.74) is 2.98. The average Bonchev–Trinajstić information content (AvgIpc) is 3.26. The number of piperidine rings is 1. The summed E-state index contributed by atoms with van der Waals surface area (Å²) < 4.78 is 24.6. The number of hydrogen-bond acceptors (Lipinski definition) is 5. The zero-order valence-corrected chi connectivity index (χ0v) is 19.2. The summed E-state index contributed by atoms with van der Waals surface area (Å²) in [4.78, 5) is 17.3. The zero-order valence-electron chi connectivity index (χ0n) is 19.2. The van der Waals surface area contributed by atoms with Gasteiger partial charge in [0.1, 0.15) is 11.5 Å². The second kappa shape index (κ2) is 10.6. The minimum absolute atomic E-state index is 0.190. The molecular weight excluding hydrogens is 421 g/mol. The number of hydrogen-bond donors (Lipinski definition) is 0. The summed E-state index contributed by atoms with van der Waals surface area (Å²) >= 11 is 0. The van der Waals surface area contributed by atoms with Gasteiger partial charge in [0.15, 0.2) is 0 Å². The Labute approximate surface area is 193 Å². The standard InChI is InChI=1S/C26H30FN3O3/c1-19-8-6-7-15-30(19)26-23(24(28-33-26)20-9-4-3-5-10-20)18-29(16-17-32-2)25(31)21-11-13-22(27)14-12-21/h3-5,9-14,19H,6-8,15-18H2,1-2H3/t19-/m0/s1. The van der Waals surface area contributed by atoms with Crippen molar-refractivity contribution in [2.75, 3.05) is 31.7 Å². The third kappa shape index (κ3) is 5.25. The Kier molecular flexibility index (Phi) is 7.40. The number of methoxy groups -OCH3 is 1. The smallest absolute Gasteiger partial charge is 0.254 e. The number of anilines is 1. The molecule has 0 saturated carbocycles. The fraction of sp³-hybridized carbons (Fsp3) is 0.385. The maximum atomic E-state index is 13.4. The van der Waals surface area contributed by atoms with Crippen LogP contribution in [0.2, 0.25) is 0 Å². The predicted octanol–water partition coefficient (Wildman–Crippen LogP) is 5.15. The van der Waals surface area contributed by atoms with Crippen LogP contribution in [0.15, 0.2) is 59.1 Å². The maximum absolute atomic E-state index is 13.4. The summed E-state index contributed by atoms with van der Waals surface area (Å²) in [6.45, 7) is 4.17. The van der Waals surface area contributed by atoms with Crippen LogP contribution in [0.4, 0.5) is 10.3 Å². The monoisotopic (exact) mass is 451 g/mol. The van der Waals surface area contributed by atoms with Crippen molar-refractivity contribution in [2.45, 2.75) is 38.8 Å². The van der Waals surface area contributed by atoms with Gasteiger partial charge in [-0.3, -0.25) is 4.79 Å². The van der Waals surface area contributed by atoms with Crippen LogP contribution in [0.25, 0.3) is 11.3 Å². The van der Waals surface area contributed by atoms with Crippen LogP contribution in [-0.4, -0.2) is 48.8 Å². The molecule has 7 heteroatoms. The number of rotatable bonds is 8. The highest BCUT2D eigenvalue weighted by Crippen LogP contribution is 2.35. The number of carbonyl (C=O) groups is 1. The van der Waals surface area contributed by atoms with Crippen LogP contribution in [0, 0.1) is 5.82 Å². The lowest BCUT2D eigenvalue weighted by molar-refractivity contribution is 0.0680. The Morgan fingerprint density at radius 2 is 1.94 bits per heavy atom. The Morgan fingerprint density at radius 3 is 2.64 bits per heavy atom. The third-order valence-corrected chi connectivity index (χ3v) is 6.17. The van der Waals surface area contributed by atoms with Gasteiger partial charge in [0.05, 0.1) is 18.7 Å². The van der Waals surface area contributed by atoms with E-state index in [1.165, 1.54) is 30.7 Å². The number of carbonyl (C=O) groups excluding carboxylic acids is 1. The van der Waals surface area contributed by atoms with E-state index in [1.807, 2.05) is 30.3 Å². The quantitative estimate of drug-likeness (QED) is 0.474. The fourth-order valence-corrected chi connectivity index (χ4v) is 4.31. The van der Waals surface area contributed by atoms with Crippen molar-refractivity contribution in [1.29, 1.82) is 0 Å². The van der Waals surface area contributed by atoms with Crippen LogP contribution in [-0.2, 0) is 11.3 Å². The van der Waals surface area contributed by atoms with Gasteiger partial charge in [-0.15, -0.1) is 0 Å². The molecule has 0 aliphatic carbocycles. The van der Waals surface area contributed by atoms with Crippen molar-refractivity contribution >= 4 is 11.8 Å². The van der Waals surface area contributed by atoms with Gasteiger partial charge in [-0.2, -0.15) is 0 Å². The van der Waals surface area contributed by atoms with Gasteiger partial charge in [0, 0.05) is 37.4 Å². The summed E-state index contributed by atoms with van der Waals surface area (Å²) in [7, 11) is 1.61. The molecule has 1 fully saturated rings. The van der Waals surface area contributed by atoms with Gasteiger partial charge in [0.25, 0.3) is 5.91 Å². The summed E-state index contributed by atoms with van der Waals surface area (Å²) in [5, 5.41) is 4.44. The molecule has 2 aromatic carbocycles. The van der Waals surface area contributed by atoms with Crippen LogP contribution < -0.4 is 4.90 Å². The zero-order chi connectivity index (χ0) is 23.2. The normalized spacial score (nSPS) is 16.1. The Hall–Kier alpha value is -3.19. The summed E-state index contributed by atoms with van der Waals surface area (Å²) in [6.07, 6.45) is 3.37. The minimum atomic E-state index is -0.373. The average molecular weight is 452 g/mol. The van der Waals surface area contributed by atoms with E-state index >= 15 is 0 Å². The molecule has 1 atom stereocenters. The van der Waals surface area contributed by atoms with Crippen LogP contribution in [0.5, 0.6) is 0 Å². The number of nitrogens with zero attached hydrogens (tertiary/aromatic N) is 3. The minimum Gasteiger partial charge on any atom is -0.383 e. The molecule has 174 valence electrons. The molecule has 0 radical (unpaired) electrons. The topological polar surface area (TPSA) is 58.8 Å². The van der Waals surface area contributed by atoms with Crippen molar-refractivity contribution < 1.29 is 18.4 Å². The molecule has 0 unspecified atom stereocenters. The molecule has 1 saturated heterocycles. The van der Waals surface area contributed by atoms with E-state index in [2.05, 4.69) is 17.0 Å². The SMILES string of the molecule is COCCN(Cc1c(-c2ccccc2)noc1N1CCCC[C@@H]1C)C(=O)c1ccc(F)cc1. The van der Waals surface area contributed by atoms with E-state index in [1.54, 1.807) is 12.0 Å². The summed E-state index contributed by atoms with van der Waals surface area (Å²) in [6, 6.07) is 15.8. The Balaban J connectivity index is 1.72. The maximum Gasteiger partial charge on any atom is 0.254 e. The van der Waals surface area contributed by atoms with Crippen molar-refractivity contribution in [1.82, 2.24) is 10.1 Å². The predicted molar refractivity (Wildman–Crippen MR) is 126 cm³/mol. The molecule has 1 aliphatic rings. The Bertz CT molecular complexity index is 1050. The van der Waals surface area contributed by atoms with Crippen LogP contribution in [0.1, 0.15) is 42.1 Å². The molecule has 1 aromatic heterocycles. The lowest BCUT2D eigenvalue weighted by Crippen LogP contribution is -2.39. The highest BCUT2D eigenvalue weighted by molar-refractivity contribution is 5.94. The van der Waals surface area contributed by atoms with E-state index in [0.717, 1.165) is 42.1 Å². The van der Waals surface area contributed by atoms with E-state index in [4.69, 9.17) is 9.26 Å². The number of ether oxygens (including phenoxy) is 1. The van der Waals surface area contributed by atoms with E-state index in [-0.39, 0.29) is 11.7 Å². The second-order valence-electron chi connectivity index (χ2n) is 8.45. The summed E-state index contributed by atoms with van der Waals surface area (Å²) in [5.74, 6) is 0.155. The fourth-order valence-electron chi connectivity index (χ4n) is 4.31. The first-order valence-electron chi connectivity index (χ1n) is 11.4. The molecule has 0 bridgehead atoms. The number of aromatic nitrogens is 1. The van der Waals surface area contributed by atoms with Crippen molar-refractivity contribution in [2.24, 2.45) is 0 Å². The first-order valence-corrected chi connectivity index (χ1v) is 11.4. The molecule has 0 spiro atoms. The highest BCUT2D eigenvalue weighted by Gasteiger charge is 2.30. The van der Waals surface area contributed by atoms with Gasteiger partial charge >= 0.3 is 0 Å². The second-order valence-corrected chi connectivity index (χ2v) is 8.45. The highest BCUT2D eigenvalue weighted by atomic mass is 19.1. The largest absolute Gasteiger partial charge is 0.383 e. The van der Waals surface area contributed by atoms with Crippen LogP contribution >= 0.6 is 0 Å². The van der Waals surface area contributed by atoms with Crippen molar-refractivity contribution in [3.63, 3.8) is 0 Å². The first kappa shape index (κ1) is 23.0. The van der Waals surface area contributed by atoms with Gasteiger partial charge < -0.3 is 19.1 Å². The molecular formula is C26H30FN3O3. The molecule has 4 rings (SSSR count).